The third-order valence-corrected chi connectivity index (χ3v) is 2.66. The molecule has 20 heavy (non-hydrogen) atoms. The fourth-order valence-corrected chi connectivity index (χ4v) is 1.84. The van der Waals surface area contributed by atoms with E-state index in [2.05, 4.69) is 6.92 Å². The van der Waals surface area contributed by atoms with Crippen LogP contribution in [-0.4, -0.2) is 50.2 Å². The highest BCUT2D eigenvalue weighted by molar-refractivity contribution is 5.82. The van der Waals surface area contributed by atoms with Gasteiger partial charge in [0.2, 0.25) is 0 Å². The highest BCUT2D eigenvalue weighted by Gasteiger charge is 2.21. The zero-order valence-corrected chi connectivity index (χ0v) is 13.1. The van der Waals surface area contributed by atoms with E-state index in [-0.39, 0.29) is 6.42 Å². The molecule has 0 aliphatic carbocycles. The number of ether oxygens (including phenoxy) is 1. The number of rotatable bonds is 10. The minimum Gasteiger partial charge on any atom is -0.550 e. The predicted molar refractivity (Wildman–Crippen MR) is 75.7 cm³/mol. The molecule has 0 spiro atoms. The van der Waals surface area contributed by atoms with Crippen molar-refractivity contribution in [3.05, 3.63) is 12.2 Å². The second kappa shape index (κ2) is 9.53. The lowest BCUT2D eigenvalue weighted by Gasteiger charge is -2.29. The molecule has 0 radical (unpaired) electrons. The Kier molecular flexibility index (Phi) is 8.88. The zero-order chi connectivity index (χ0) is 15.6. The normalized spacial score (nSPS) is 13.4. The van der Waals surface area contributed by atoms with Crippen molar-refractivity contribution in [3.63, 3.8) is 0 Å². The first-order chi connectivity index (χ1) is 9.24. The lowest BCUT2D eigenvalue weighted by atomic mass is 10.2. The van der Waals surface area contributed by atoms with Crippen LogP contribution in [-0.2, 0) is 14.3 Å². The van der Waals surface area contributed by atoms with Crippen molar-refractivity contribution < 1.29 is 23.9 Å². The molecule has 0 fully saturated rings. The average molecular weight is 285 g/mol. The van der Waals surface area contributed by atoms with E-state index in [4.69, 9.17) is 4.74 Å². The largest absolute Gasteiger partial charge is 0.550 e. The van der Waals surface area contributed by atoms with Gasteiger partial charge in [-0.1, -0.05) is 25.8 Å². The standard InChI is InChI=1S/C15H27NO4/c1-5-6-7-8-9-10-15(19)20-13(11-14(17)18)12-16(2,3)4/h9-10,13H,5-8,11-12H2,1-4H3/t13-/m1/s1. The summed E-state index contributed by atoms with van der Waals surface area (Å²) in [4.78, 5) is 22.3. The highest BCUT2D eigenvalue weighted by Crippen LogP contribution is 2.06. The van der Waals surface area contributed by atoms with E-state index in [1.165, 1.54) is 6.08 Å². The van der Waals surface area contributed by atoms with Crippen LogP contribution in [0.25, 0.3) is 0 Å². The number of quaternary nitrogens is 1. The van der Waals surface area contributed by atoms with Gasteiger partial charge in [0.05, 0.1) is 21.1 Å². The second-order valence-corrected chi connectivity index (χ2v) is 6.01. The van der Waals surface area contributed by atoms with Gasteiger partial charge in [0.25, 0.3) is 0 Å². The van der Waals surface area contributed by atoms with E-state index >= 15 is 0 Å². The molecule has 0 aliphatic rings. The molecule has 0 bridgehead atoms. The molecule has 1 atom stereocenters. The summed E-state index contributed by atoms with van der Waals surface area (Å²) in [5.41, 5.74) is 0. The van der Waals surface area contributed by atoms with Gasteiger partial charge >= 0.3 is 5.97 Å². The lowest BCUT2D eigenvalue weighted by molar-refractivity contribution is -0.873. The molecule has 0 saturated heterocycles. The minimum atomic E-state index is -1.21. The van der Waals surface area contributed by atoms with Crippen LogP contribution in [0, 0.1) is 0 Å². The van der Waals surface area contributed by atoms with Gasteiger partial charge in [0, 0.05) is 18.5 Å². The minimum absolute atomic E-state index is 0.273. The third kappa shape index (κ3) is 11.7. The maximum absolute atomic E-state index is 11.6. The fraction of sp³-hybridized carbons (Fsp3) is 0.733. The molecule has 0 amide bonds. The Hall–Kier alpha value is -1.36. The first-order valence-corrected chi connectivity index (χ1v) is 7.12. The molecule has 5 nitrogen and oxygen atoms in total. The zero-order valence-electron chi connectivity index (χ0n) is 13.1. The molecule has 116 valence electrons. The van der Waals surface area contributed by atoms with Crippen LogP contribution in [0.3, 0.4) is 0 Å². The van der Waals surface area contributed by atoms with Gasteiger partial charge in [-0.25, -0.2) is 4.79 Å². The van der Waals surface area contributed by atoms with Crippen molar-refractivity contribution in [2.45, 2.75) is 45.1 Å². The maximum atomic E-state index is 11.6. The van der Waals surface area contributed by atoms with Gasteiger partial charge in [0.15, 0.2) is 6.10 Å². The second-order valence-electron chi connectivity index (χ2n) is 6.01. The van der Waals surface area contributed by atoms with Crippen LogP contribution in [0.15, 0.2) is 12.2 Å². The molecule has 0 unspecified atom stereocenters. The summed E-state index contributed by atoms with van der Waals surface area (Å²) < 4.78 is 5.70. The van der Waals surface area contributed by atoms with E-state index in [0.29, 0.717) is 11.0 Å². The number of carbonyl (C=O) groups is 2. The number of carbonyl (C=O) groups excluding carboxylic acids is 2. The van der Waals surface area contributed by atoms with Gasteiger partial charge in [-0.05, 0) is 12.8 Å². The number of likely N-dealkylation sites (N-methyl/N-ethyl adjacent to an activating group) is 1. The SMILES string of the molecule is CCCCCC=CC(=O)O[C@H](CC(=O)[O-])C[N+](C)(C)C. The van der Waals surface area contributed by atoms with Gasteiger partial charge in [-0.3, -0.25) is 0 Å². The summed E-state index contributed by atoms with van der Waals surface area (Å²) in [6.45, 7) is 2.55. The molecule has 5 heteroatoms. The van der Waals surface area contributed by atoms with Gasteiger partial charge < -0.3 is 19.1 Å². The molecule has 0 saturated carbocycles. The van der Waals surface area contributed by atoms with Crippen molar-refractivity contribution in [3.8, 4) is 0 Å². The third-order valence-electron chi connectivity index (χ3n) is 2.66. The number of hydrogen-bond donors (Lipinski definition) is 0. The summed E-state index contributed by atoms with van der Waals surface area (Å²) in [6, 6.07) is 0. The summed E-state index contributed by atoms with van der Waals surface area (Å²) in [5.74, 6) is -1.69. The molecule has 0 aromatic heterocycles. The van der Waals surface area contributed by atoms with E-state index in [1.54, 1.807) is 6.08 Å². The number of aliphatic carboxylic acids is 1. The predicted octanol–water partition coefficient (Wildman–Crippen LogP) is 0.881. The van der Waals surface area contributed by atoms with Crippen molar-refractivity contribution in [2.24, 2.45) is 0 Å². The van der Waals surface area contributed by atoms with Crippen LogP contribution in [0.2, 0.25) is 0 Å². The van der Waals surface area contributed by atoms with E-state index in [0.717, 1.165) is 25.7 Å². The number of esters is 1. The molecule has 0 aromatic carbocycles. The van der Waals surface area contributed by atoms with Crippen LogP contribution in [0.5, 0.6) is 0 Å². The number of nitrogens with zero attached hydrogens (tertiary/aromatic N) is 1. The molecule has 0 heterocycles. The molecule has 0 N–H and O–H groups in total. The van der Waals surface area contributed by atoms with Crippen LogP contribution in [0.1, 0.15) is 39.0 Å². The van der Waals surface area contributed by atoms with Gasteiger partial charge in [0.1, 0.15) is 6.54 Å². The molecule has 0 rings (SSSR count). The Bertz CT molecular complexity index is 331. The number of allylic oxidation sites excluding steroid dienone is 1. The topological polar surface area (TPSA) is 66.4 Å². The summed E-state index contributed by atoms with van der Waals surface area (Å²) in [6.07, 6.45) is 6.38. The molecular formula is C15H27NO4. The summed E-state index contributed by atoms with van der Waals surface area (Å²) in [7, 11) is 5.74. The highest BCUT2D eigenvalue weighted by atomic mass is 16.5. The van der Waals surface area contributed by atoms with Crippen molar-refractivity contribution in [2.75, 3.05) is 27.7 Å². The monoisotopic (exact) mass is 285 g/mol. The van der Waals surface area contributed by atoms with Gasteiger partial charge in [-0.15, -0.1) is 0 Å². The van der Waals surface area contributed by atoms with Crippen LogP contribution in [0.4, 0.5) is 0 Å². The quantitative estimate of drug-likeness (QED) is 0.259. The molecule has 0 aromatic rings. The summed E-state index contributed by atoms with van der Waals surface area (Å²) in [5, 5.41) is 10.7. The van der Waals surface area contributed by atoms with E-state index < -0.39 is 18.0 Å². The number of carboxylic acids is 1. The van der Waals surface area contributed by atoms with Crippen molar-refractivity contribution >= 4 is 11.9 Å². The average Bonchev–Trinajstić information content (AvgIpc) is 2.25. The van der Waals surface area contributed by atoms with E-state index in [1.807, 2.05) is 21.1 Å². The van der Waals surface area contributed by atoms with Crippen LogP contribution >= 0.6 is 0 Å². The lowest BCUT2D eigenvalue weighted by Crippen LogP contribution is -2.45. The Morgan fingerprint density at radius 2 is 1.90 bits per heavy atom. The van der Waals surface area contributed by atoms with Crippen LogP contribution < -0.4 is 5.11 Å². The van der Waals surface area contributed by atoms with Gasteiger partial charge in [-0.2, -0.15) is 0 Å². The Morgan fingerprint density at radius 3 is 2.40 bits per heavy atom. The Labute approximate surface area is 121 Å². The fourth-order valence-electron chi connectivity index (χ4n) is 1.84. The van der Waals surface area contributed by atoms with E-state index in [9.17, 15) is 14.7 Å². The van der Waals surface area contributed by atoms with Crippen molar-refractivity contribution in [1.29, 1.82) is 0 Å². The maximum Gasteiger partial charge on any atom is 0.330 e. The first kappa shape index (κ1) is 18.6. The summed E-state index contributed by atoms with van der Waals surface area (Å²) >= 11 is 0. The Balaban J connectivity index is 4.27. The molecular weight excluding hydrogens is 258 g/mol. The molecule has 0 aliphatic heterocycles. The number of hydrogen-bond acceptors (Lipinski definition) is 4. The Morgan fingerprint density at radius 1 is 1.25 bits per heavy atom. The number of unbranched alkanes of at least 4 members (excludes halogenated alkanes) is 3. The van der Waals surface area contributed by atoms with Crippen molar-refractivity contribution in [1.82, 2.24) is 0 Å². The first-order valence-electron chi connectivity index (χ1n) is 7.12. The number of carboxylic acid groups (broad SMARTS) is 1. The smallest absolute Gasteiger partial charge is 0.330 e.